The van der Waals surface area contributed by atoms with Gasteiger partial charge in [-0.2, -0.15) is 0 Å². The molecule has 0 amide bonds. The number of anilines is 1. The zero-order chi connectivity index (χ0) is 22.9. The van der Waals surface area contributed by atoms with E-state index >= 15 is 0 Å². The van der Waals surface area contributed by atoms with Gasteiger partial charge in [0, 0.05) is 37.1 Å². The molecular formula is C23H30FN3O4. The monoisotopic (exact) mass is 431 g/mol. The Hall–Kier alpha value is -2.58. The number of aliphatic hydroxyl groups excluding tert-OH is 2. The van der Waals surface area contributed by atoms with Crippen LogP contribution in [0.5, 0.6) is 0 Å². The lowest BCUT2D eigenvalue weighted by atomic mass is 9.75. The number of benzene rings is 1. The van der Waals surface area contributed by atoms with Gasteiger partial charge in [-0.1, -0.05) is 13.8 Å². The molecule has 31 heavy (non-hydrogen) atoms. The topological polar surface area (TPSA) is 107 Å². The Morgan fingerprint density at radius 3 is 2.61 bits per heavy atom. The maximum Gasteiger partial charge on any atom is 0.305 e. The minimum atomic E-state index is -1.19. The first-order chi connectivity index (χ1) is 14.6. The lowest BCUT2D eigenvalue weighted by molar-refractivity contribution is -0.139. The van der Waals surface area contributed by atoms with Crippen LogP contribution >= 0.6 is 0 Å². The largest absolute Gasteiger partial charge is 0.481 e. The van der Waals surface area contributed by atoms with E-state index in [1.165, 1.54) is 12.1 Å². The van der Waals surface area contributed by atoms with Crippen LogP contribution in [0.15, 0.2) is 18.2 Å². The molecule has 1 aromatic heterocycles. The summed E-state index contributed by atoms with van der Waals surface area (Å²) in [6.07, 6.45) is -2.41. The standard InChI is InChI=1S/C23H30FN3O4/c1-5-27(4)23-25-21(12(2)3)18-11-17(19(29)9-14(28)10-20(30)31)16-8-13(24)6-7-15(16)22(18)26-23/h6-8,12,14,17,19,28-29H,5,9-11H2,1-4H3,(H,30,31)/t14-,17?,19+/m1/s1. The highest BCUT2D eigenvalue weighted by atomic mass is 19.1. The number of hydrogen-bond donors (Lipinski definition) is 3. The van der Waals surface area contributed by atoms with E-state index in [0.29, 0.717) is 17.9 Å². The molecule has 1 aromatic carbocycles. The van der Waals surface area contributed by atoms with Crippen LogP contribution in [0.2, 0.25) is 0 Å². The lowest BCUT2D eigenvalue weighted by Crippen LogP contribution is -2.30. The number of nitrogens with zero attached hydrogens (tertiary/aromatic N) is 3. The summed E-state index contributed by atoms with van der Waals surface area (Å²) >= 11 is 0. The van der Waals surface area contributed by atoms with Crippen molar-refractivity contribution in [2.24, 2.45) is 0 Å². The fraction of sp³-hybridized carbons (Fsp3) is 0.522. The molecule has 0 saturated carbocycles. The predicted octanol–water partition coefficient (Wildman–Crippen LogP) is 3.09. The van der Waals surface area contributed by atoms with Crippen LogP contribution in [0.4, 0.5) is 10.3 Å². The predicted molar refractivity (Wildman–Crippen MR) is 116 cm³/mol. The van der Waals surface area contributed by atoms with Crippen molar-refractivity contribution in [3.8, 4) is 11.3 Å². The molecule has 0 radical (unpaired) electrons. The van der Waals surface area contributed by atoms with Crippen molar-refractivity contribution < 1.29 is 24.5 Å². The molecule has 8 heteroatoms. The first-order valence-corrected chi connectivity index (χ1v) is 10.6. The van der Waals surface area contributed by atoms with Crippen LogP contribution in [0.1, 0.15) is 62.3 Å². The summed E-state index contributed by atoms with van der Waals surface area (Å²) in [4.78, 5) is 22.4. The number of carboxylic acid groups (broad SMARTS) is 1. The summed E-state index contributed by atoms with van der Waals surface area (Å²) in [5, 5.41) is 29.9. The van der Waals surface area contributed by atoms with Crippen molar-refractivity contribution in [2.75, 3.05) is 18.5 Å². The van der Waals surface area contributed by atoms with E-state index in [-0.39, 0.29) is 12.3 Å². The second-order valence-electron chi connectivity index (χ2n) is 8.50. The normalized spacial score (nSPS) is 17.1. The molecule has 0 fully saturated rings. The van der Waals surface area contributed by atoms with E-state index in [0.717, 1.165) is 29.1 Å². The molecule has 0 bridgehead atoms. The molecule has 1 unspecified atom stereocenters. The van der Waals surface area contributed by atoms with E-state index in [1.807, 2.05) is 32.7 Å². The summed E-state index contributed by atoms with van der Waals surface area (Å²) in [7, 11) is 1.91. The highest BCUT2D eigenvalue weighted by molar-refractivity contribution is 5.73. The van der Waals surface area contributed by atoms with Gasteiger partial charge in [0.1, 0.15) is 5.82 Å². The van der Waals surface area contributed by atoms with Gasteiger partial charge in [0.2, 0.25) is 5.95 Å². The summed E-state index contributed by atoms with van der Waals surface area (Å²) in [5.74, 6) is -1.36. The van der Waals surface area contributed by atoms with Crippen molar-refractivity contribution in [3.05, 3.63) is 40.8 Å². The van der Waals surface area contributed by atoms with Gasteiger partial charge in [0.25, 0.3) is 0 Å². The van der Waals surface area contributed by atoms with Crippen molar-refractivity contribution >= 4 is 11.9 Å². The van der Waals surface area contributed by atoms with Gasteiger partial charge in [-0.05, 0) is 43.0 Å². The van der Waals surface area contributed by atoms with Gasteiger partial charge in [0.05, 0.1) is 30.0 Å². The quantitative estimate of drug-likeness (QED) is 0.590. The van der Waals surface area contributed by atoms with Crippen molar-refractivity contribution in [1.29, 1.82) is 0 Å². The minimum Gasteiger partial charge on any atom is -0.481 e. The SMILES string of the molecule is CCN(C)c1nc2c(c(C(C)C)n1)CC([C@@H](O)C[C@@H](O)CC(=O)O)c1cc(F)ccc1-2. The van der Waals surface area contributed by atoms with Crippen LogP contribution in [-0.2, 0) is 11.2 Å². The second kappa shape index (κ2) is 9.28. The number of carbonyl (C=O) groups is 1. The van der Waals surface area contributed by atoms with Crippen LogP contribution in [0.3, 0.4) is 0 Å². The molecule has 0 spiro atoms. The van der Waals surface area contributed by atoms with E-state index in [4.69, 9.17) is 15.1 Å². The lowest BCUT2D eigenvalue weighted by Gasteiger charge is -2.33. The Morgan fingerprint density at radius 1 is 1.29 bits per heavy atom. The molecule has 1 aliphatic rings. The Morgan fingerprint density at radius 2 is 2.00 bits per heavy atom. The highest BCUT2D eigenvalue weighted by Gasteiger charge is 2.35. The Balaban J connectivity index is 2.10. The first kappa shape index (κ1) is 23.1. The molecule has 3 N–H and O–H groups in total. The number of aliphatic carboxylic acids is 1. The van der Waals surface area contributed by atoms with Crippen LogP contribution in [0.25, 0.3) is 11.3 Å². The molecule has 3 atom stereocenters. The molecule has 0 saturated heterocycles. The third-order valence-corrected chi connectivity index (χ3v) is 5.87. The van der Waals surface area contributed by atoms with Crippen molar-refractivity contribution in [3.63, 3.8) is 0 Å². The second-order valence-corrected chi connectivity index (χ2v) is 8.50. The van der Waals surface area contributed by atoms with Gasteiger partial charge in [-0.3, -0.25) is 4.79 Å². The minimum absolute atomic E-state index is 0.109. The van der Waals surface area contributed by atoms with Gasteiger partial charge >= 0.3 is 5.97 Å². The van der Waals surface area contributed by atoms with Crippen LogP contribution in [0, 0.1) is 5.82 Å². The smallest absolute Gasteiger partial charge is 0.305 e. The highest BCUT2D eigenvalue weighted by Crippen LogP contribution is 2.44. The van der Waals surface area contributed by atoms with Gasteiger partial charge in [-0.15, -0.1) is 0 Å². The molecule has 1 aliphatic carbocycles. The number of hydrogen-bond acceptors (Lipinski definition) is 6. The Bertz CT molecular complexity index is 966. The Labute approximate surface area is 181 Å². The number of aromatic nitrogens is 2. The summed E-state index contributed by atoms with van der Waals surface area (Å²) in [6, 6.07) is 4.44. The number of aliphatic hydroxyl groups is 2. The van der Waals surface area contributed by atoms with Crippen LogP contribution < -0.4 is 4.90 Å². The van der Waals surface area contributed by atoms with Gasteiger partial charge < -0.3 is 20.2 Å². The molecule has 168 valence electrons. The molecule has 2 aromatic rings. The van der Waals surface area contributed by atoms with E-state index in [1.54, 1.807) is 6.07 Å². The molecule has 0 aliphatic heterocycles. The average molecular weight is 432 g/mol. The van der Waals surface area contributed by atoms with Crippen molar-refractivity contribution in [2.45, 2.75) is 64.1 Å². The van der Waals surface area contributed by atoms with E-state index in [9.17, 15) is 19.4 Å². The number of fused-ring (bicyclic) bond motifs is 3. The third kappa shape index (κ3) is 4.85. The maximum absolute atomic E-state index is 14.2. The van der Waals surface area contributed by atoms with Crippen LogP contribution in [-0.4, -0.2) is 57.1 Å². The number of halogens is 1. The fourth-order valence-electron chi connectivity index (χ4n) is 4.16. The zero-order valence-corrected chi connectivity index (χ0v) is 18.3. The van der Waals surface area contributed by atoms with E-state index < -0.39 is 36.3 Å². The summed E-state index contributed by atoms with van der Waals surface area (Å²) in [5.41, 5.74) is 3.85. The third-order valence-electron chi connectivity index (χ3n) is 5.87. The fourth-order valence-corrected chi connectivity index (χ4v) is 4.16. The van der Waals surface area contributed by atoms with Crippen molar-refractivity contribution in [1.82, 2.24) is 9.97 Å². The molecule has 3 rings (SSSR count). The van der Waals surface area contributed by atoms with Gasteiger partial charge in [-0.25, -0.2) is 14.4 Å². The number of carboxylic acids is 1. The molecule has 1 heterocycles. The number of rotatable bonds is 8. The Kier molecular flexibility index (Phi) is 6.91. The summed E-state index contributed by atoms with van der Waals surface area (Å²) in [6.45, 7) is 6.83. The maximum atomic E-state index is 14.2. The summed E-state index contributed by atoms with van der Waals surface area (Å²) < 4.78 is 14.2. The molecule has 7 nitrogen and oxygen atoms in total. The first-order valence-electron chi connectivity index (χ1n) is 10.6. The van der Waals surface area contributed by atoms with Gasteiger partial charge in [0.15, 0.2) is 0 Å². The van der Waals surface area contributed by atoms with E-state index in [2.05, 4.69) is 0 Å². The average Bonchev–Trinajstić information content (AvgIpc) is 2.70. The zero-order valence-electron chi connectivity index (χ0n) is 18.3. The molecular weight excluding hydrogens is 401 g/mol.